The molecule has 5 heteroatoms. The molecule has 1 aliphatic heterocycles. The second-order valence-electron chi connectivity index (χ2n) is 3.89. The summed E-state index contributed by atoms with van der Waals surface area (Å²) in [6, 6.07) is 8.04. The summed E-state index contributed by atoms with van der Waals surface area (Å²) in [5, 5.41) is 10.4. The van der Waals surface area contributed by atoms with Crippen molar-refractivity contribution in [1.29, 1.82) is 0 Å². The first-order valence-electron chi connectivity index (χ1n) is 5.45. The van der Waals surface area contributed by atoms with Gasteiger partial charge < -0.3 is 4.74 Å². The lowest BCUT2D eigenvalue weighted by Crippen LogP contribution is -2.24. The summed E-state index contributed by atoms with van der Waals surface area (Å²) in [7, 11) is 1.50. The van der Waals surface area contributed by atoms with Crippen molar-refractivity contribution in [3.05, 3.63) is 41.4 Å². The molecule has 1 aliphatic rings. The van der Waals surface area contributed by atoms with Crippen LogP contribution in [0.2, 0.25) is 0 Å². The summed E-state index contributed by atoms with van der Waals surface area (Å²) >= 11 is 1.67. The molecule has 0 saturated heterocycles. The van der Waals surface area contributed by atoms with E-state index in [1.54, 1.807) is 17.5 Å². The van der Waals surface area contributed by atoms with Crippen LogP contribution in [0, 0.1) is 0 Å². The summed E-state index contributed by atoms with van der Waals surface area (Å²) in [6.45, 7) is 0. The quantitative estimate of drug-likeness (QED) is 0.830. The third-order valence-electron chi connectivity index (χ3n) is 2.90. The van der Waals surface area contributed by atoms with Gasteiger partial charge in [0.15, 0.2) is 6.10 Å². The molecule has 3 rings (SSSR count). The first-order chi connectivity index (χ1) is 8.81. The number of carbonyl (C=O) groups is 1. The van der Waals surface area contributed by atoms with Gasteiger partial charge in [-0.1, -0.05) is 12.1 Å². The summed E-state index contributed by atoms with van der Waals surface area (Å²) in [4.78, 5) is 11.7. The van der Waals surface area contributed by atoms with E-state index in [9.17, 15) is 4.79 Å². The van der Waals surface area contributed by atoms with Crippen molar-refractivity contribution >= 4 is 32.9 Å². The Bertz CT molecular complexity index is 672. The van der Waals surface area contributed by atoms with E-state index in [2.05, 4.69) is 16.3 Å². The third-order valence-corrected chi connectivity index (χ3v) is 3.78. The molecule has 0 fully saturated rings. The zero-order valence-electron chi connectivity index (χ0n) is 9.66. The molecule has 0 aliphatic carbocycles. The minimum absolute atomic E-state index is 0.359. The minimum Gasteiger partial charge on any atom is -0.367 e. The van der Waals surface area contributed by atoms with Crippen LogP contribution in [0.3, 0.4) is 0 Å². The summed E-state index contributed by atoms with van der Waals surface area (Å²) in [5.41, 5.74) is 1.74. The van der Waals surface area contributed by atoms with E-state index < -0.39 is 6.10 Å². The lowest BCUT2D eigenvalue weighted by atomic mass is 9.97. The largest absolute Gasteiger partial charge is 0.367 e. The van der Waals surface area contributed by atoms with Gasteiger partial charge >= 0.3 is 0 Å². The molecule has 0 radical (unpaired) electrons. The molecule has 1 aromatic carbocycles. The molecule has 1 unspecified atom stereocenters. The highest BCUT2D eigenvalue weighted by atomic mass is 32.1. The summed E-state index contributed by atoms with van der Waals surface area (Å²) in [5.74, 6) is -0.359. The van der Waals surface area contributed by atoms with Crippen molar-refractivity contribution in [2.45, 2.75) is 6.10 Å². The van der Waals surface area contributed by atoms with Crippen LogP contribution >= 0.6 is 11.3 Å². The van der Waals surface area contributed by atoms with Crippen molar-refractivity contribution in [2.24, 2.45) is 10.2 Å². The van der Waals surface area contributed by atoms with Crippen LogP contribution in [0.1, 0.15) is 5.56 Å². The molecule has 1 aromatic heterocycles. The molecule has 4 nitrogen and oxygen atoms in total. The zero-order chi connectivity index (χ0) is 12.5. The fourth-order valence-corrected chi connectivity index (χ4v) is 2.90. The summed E-state index contributed by atoms with van der Waals surface area (Å²) in [6.07, 6.45) is 0.940. The van der Waals surface area contributed by atoms with E-state index >= 15 is 0 Å². The van der Waals surface area contributed by atoms with Crippen LogP contribution in [0.4, 0.5) is 0 Å². The average Bonchev–Trinajstić information content (AvgIpc) is 2.86. The van der Waals surface area contributed by atoms with Gasteiger partial charge in [0.25, 0.3) is 5.91 Å². The fraction of sp³-hybridized carbons (Fsp3) is 0.154. The lowest BCUT2D eigenvalue weighted by Gasteiger charge is -2.18. The second kappa shape index (κ2) is 4.44. The molecule has 1 atom stereocenters. The number of fused-ring (bicyclic) bond motifs is 1. The van der Waals surface area contributed by atoms with E-state index in [0.717, 1.165) is 16.5 Å². The Labute approximate surface area is 108 Å². The standard InChI is InChI=1S/C13H10N2O2S/c1-17-12-10(7-14-15-13(12)16)8-3-2-4-11-9(8)5-6-18-11/h2-7,12H,1H3. The maximum absolute atomic E-state index is 11.7. The third kappa shape index (κ3) is 1.68. The Balaban J connectivity index is 2.19. The second-order valence-corrected chi connectivity index (χ2v) is 4.84. The molecule has 0 N–H and O–H groups in total. The first kappa shape index (κ1) is 11.3. The topological polar surface area (TPSA) is 51.0 Å². The van der Waals surface area contributed by atoms with E-state index in [1.807, 2.05) is 23.6 Å². The Morgan fingerprint density at radius 2 is 2.22 bits per heavy atom. The smallest absolute Gasteiger partial charge is 0.297 e. The predicted octanol–water partition coefficient (Wildman–Crippen LogP) is 3.25. The molecule has 18 heavy (non-hydrogen) atoms. The van der Waals surface area contributed by atoms with Crippen molar-refractivity contribution in [2.75, 3.05) is 7.11 Å². The van der Waals surface area contributed by atoms with Crippen molar-refractivity contribution < 1.29 is 9.53 Å². The van der Waals surface area contributed by atoms with Gasteiger partial charge in [-0.15, -0.1) is 16.5 Å². The van der Waals surface area contributed by atoms with Gasteiger partial charge in [-0.25, -0.2) is 0 Å². The van der Waals surface area contributed by atoms with Crippen LogP contribution in [0.15, 0.2) is 46.1 Å². The van der Waals surface area contributed by atoms with Crippen LogP contribution in [-0.2, 0) is 9.53 Å². The fourth-order valence-electron chi connectivity index (χ4n) is 2.09. The molecule has 1 amide bonds. The maximum Gasteiger partial charge on any atom is 0.297 e. The predicted molar refractivity (Wildman–Crippen MR) is 70.5 cm³/mol. The lowest BCUT2D eigenvalue weighted by molar-refractivity contribution is -0.125. The maximum atomic E-state index is 11.7. The van der Waals surface area contributed by atoms with Crippen molar-refractivity contribution in [1.82, 2.24) is 0 Å². The molecule has 90 valence electrons. The number of rotatable bonds is 2. The van der Waals surface area contributed by atoms with Gasteiger partial charge in [-0.2, -0.15) is 5.11 Å². The number of azo groups is 1. The highest BCUT2D eigenvalue weighted by Crippen LogP contribution is 2.32. The Morgan fingerprint density at radius 1 is 1.33 bits per heavy atom. The van der Waals surface area contributed by atoms with Gasteiger partial charge in [0.2, 0.25) is 0 Å². The van der Waals surface area contributed by atoms with E-state index in [-0.39, 0.29) is 5.91 Å². The van der Waals surface area contributed by atoms with Gasteiger partial charge in [-0.3, -0.25) is 4.79 Å². The first-order valence-corrected chi connectivity index (χ1v) is 6.33. The Morgan fingerprint density at radius 3 is 3.06 bits per heavy atom. The highest BCUT2D eigenvalue weighted by Gasteiger charge is 2.27. The number of benzene rings is 1. The van der Waals surface area contributed by atoms with Crippen molar-refractivity contribution in [3.8, 4) is 0 Å². The molecule has 0 bridgehead atoms. The van der Waals surface area contributed by atoms with E-state index in [0.29, 0.717) is 0 Å². The van der Waals surface area contributed by atoms with Crippen LogP contribution in [-0.4, -0.2) is 19.1 Å². The Hall–Kier alpha value is -1.85. The number of ether oxygens (including phenoxy) is 1. The average molecular weight is 258 g/mol. The summed E-state index contributed by atoms with van der Waals surface area (Å²) < 4.78 is 6.41. The van der Waals surface area contributed by atoms with Crippen LogP contribution in [0.5, 0.6) is 0 Å². The van der Waals surface area contributed by atoms with Crippen LogP contribution in [0.25, 0.3) is 15.7 Å². The molecule has 0 saturated carbocycles. The van der Waals surface area contributed by atoms with Gasteiger partial charge in [0.1, 0.15) is 0 Å². The van der Waals surface area contributed by atoms with E-state index in [1.165, 1.54) is 11.8 Å². The van der Waals surface area contributed by atoms with Gasteiger partial charge in [0.05, 0.1) is 6.20 Å². The molecule has 0 spiro atoms. The van der Waals surface area contributed by atoms with Crippen molar-refractivity contribution in [3.63, 3.8) is 0 Å². The molecular weight excluding hydrogens is 248 g/mol. The number of amides is 1. The normalized spacial score (nSPS) is 19.3. The number of hydrogen-bond acceptors (Lipinski definition) is 4. The molecule has 2 aromatic rings. The van der Waals surface area contributed by atoms with Gasteiger partial charge in [-0.05, 0) is 23.1 Å². The van der Waals surface area contributed by atoms with Crippen LogP contribution < -0.4 is 0 Å². The van der Waals surface area contributed by atoms with E-state index in [4.69, 9.17) is 4.74 Å². The number of methoxy groups -OCH3 is 1. The minimum atomic E-state index is -0.659. The number of hydrogen-bond donors (Lipinski definition) is 0. The SMILES string of the molecule is COC1C(=O)N=NC=C1c1cccc2sccc12. The van der Waals surface area contributed by atoms with Gasteiger partial charge in [0, 0.05) is 22.8 Å². The zero-order valence-corrected chi connectivity index (χ0v) is 10.5. The number of nitrogens with zero attached hydrogens (tertiary/aromatic N) is 2. The number of thiophene rings is 1. The molecule has 2 heterocycles. The Kier molecular flexibility index (Phi) is 2.77. The monoisotopic (exact) mass is 258 g/mol. The number of carbonyl (C=O) groups excluding carboxylic acids is 1. The highest BCUT2D eigenvalue weighted by molar-refractivity contribution is 7.17. The molecular formula is C13H10N2O2S.